The molecule has 3 heterocycles. The van der Waals surface area contributed by atoms with E-state index >= 15 is 0 Å². The molecule has 7 heteroatoms. The maximum Gasteiger partial charge on any atom is 0.246 e. The van der Waals surface area contributed by atoms with Crippen molar-refractivity contribution in [3.63, 3.8) is 0 Å². The van der Waals surface area contributed by atoms with E-state index in [2.05, 4.69) is 4.98 Å². The van der Waals surface area contributed by atoms with E-state index < -0.39 is 16.1 Å². The molecule has 2 bridgehead atoms. The number of sulfonamides is 1. The Kier molecular flexibility index (Phi) is 3.24. The number of aliphatic hydroxyl groups is 1. The van der Waals surface area contributed by atoms with E-state index in [1.165, 1.54) is 22.6 Å². The van der Waals surface area contributed by atoms with Crippen LogP contribution in [0.25, 0.3) is 0 Å². The van der Waals surface area contributed by atoms with E-state index in [9.17, 15) is 13.5 Å². The van der Waals surface area contributed by atoms with Crippen LogP contribution < -0.4 is 0 Å². The second-order valence-corrected chi connectivity index (χ2v) is 7.12. The predicted molar refractivity (Wildman–Crippen MR) is 70.0 cm³/mol. The maximum atomic E-state index is 12.8. The van der Waals surface area contributed by atoms with E-state index in [1.807, 2.05) is 6.07 Å². The van der Waals surface area contributed by atoms with Gasteiger partial charge in [0.2, 0.25) is 10.0 Å². The molecule has 0 radical (unpaired) electrons. The van der Waals surface area contributed by atoms with Crippen molar-refractivity contribution in [2.45, 2.75) is 48.8 Å². The van der Waals surface area contributed by atoms with Crippen molar-refractivity contribution in [2.75, 3.05) is 0 Å². The van der Waals surface area contributed by atoms with Crippen LogP contribution in [-0.4, -0.2) is 41.0 Å². The van der Waals surface area contributed by atoms with Gasteiger partial charge in [0.1, 0.15) is 11.0 Å². The molecular formula is C13H15N3O3S. The minimum absolute atomic E-state index is 0.0317. The number of aliphatic hydroxyl groups excluding tert-OH is 1. The first-order chi connectivity index (χ1) is 9.54. The SMILES string of the molecule is N#Cc1ncccc1S(=O)(=O)N1C2CCC1CC(O)C2. The molecule has 2 atom stereocenters. The Morgan fingerprint density at radius 3 is 2.60 bits per heavy atom. The Morgan fingerprint density at radius 2 is 2.00 bits per heavy atom. The molecule has 0 aromatic carbocycles. The van der Waals surface area contributed by atoms with Crippen molar-refractivity contribution >= 4 is 10.0 Å². The number of piperidine rings is 1. The lowest BCUT2D eigenvalue weighted by molar-refractivity contribution is 0.0768. The maximum absolute atomic E-state index is 12.8. The van der Waals surface area contributed by atoms with Gasteiger partial charge in [0.05, 0.1) is 6.10 Å². The molecular weight excluding hydrogens is 278 g/mol. The van der Waals surface area contributed by atoms with Crippen molar-refractivity contribution < 1.29 is 13.5 Å². The van der Waals surface area contributed by atoms with E-state index in [0.29, 0.717) is 12.8 Å². The fraction of sp³-hybridized carbons (Fsp3) is 0.538. The van der Waals surface area contributed by atoms with Gasteiger partial charge < -0.3 is 5.11 Å². The Balaban J connectivity index is 2.04. The number of pyridine rings is 1. The highest BCUT2D eigenvalue weighted by molar-refractivity contribution is 7.89. The average Bonchev–Trinajstić information content (AvgIpc) is 2.72. The van der Waals surface area contributed by atoms with E-state index in [4.69, 9.17) is 5.26 Å². The highest BCUT2D eigenvalue weighted by Gasteiger charge is 2.47. The largest absolute Gasteiger partial charge is 0.393 e. The van der Waals surface area contributed by atoms with Crippen LogP contribution in [0.5, 0.6) is 0 Å². The topological polar surface area (TPSA) is 94.3 Å². The van der Waals surface area contributed by atoms with Crippen LogP contribution in [0.1, 0.15) is 31.4 Å². The van der Waals surface area contributed by atoms with Gasteiger partial charge in [-0.3, -0.25) is 0 Å². The van der Waals surface area contributed by atoms with Gasteiger partial charge in [-0.05, 0) is 37.8 Å². The molecule has 2 fully saturated rings. The van der Waals surface area contributed by atoms with E-state index in [1.54, 1.807) is 0 Å². The van der Waals surface area contributed by atoms with Crippen molar-refractivity contribution in [3.05, 3.63) is 24.0 Å². The van der Waals surface area contributed by atoms with Gasteiger partial charge in [0.15, 0.2) is 5.69 Å². The number of nitrogens with zero attached hydrogens (tertiary/aromatic N) is 3. The Bertz CT molecular complexity index is 654. The van der Waals surface area contributed by atoms with Gasteiger partial charge in [0.25, 0.3) is 0 Å². The predicted octanol–water partition coefficient (Wildman–Crippen LogP) is 0.630. The average molecular weight is 293 g/mol. The quantitative estimate of drug-likeness (QED) is 0.863. The Hall–Kier alpha value is -1.49. The van der Waals surface area contributed by atoms with Crippen LogP contribution in [0.15, 0.2) is 23.2 Å². The van der Waals surface area contributed by atoms with Crippen LogP contribution in [0.4, 0.5) is 0 Å². The van der Waals surface area contributed by atoms with Crippen LogP contribution in [0.3, 0.4) is 0 Å². The fourth-order valence-corrected chi connectivity index (χ4v) is 5.28. The number of hydrogen-bond acceptors (Lipinski definition) is 5. The fourth-order valence-electron chi connectivity index (χ4n) is 3.29. The van der Waals surface area contributed by atoms with Crippen molar-refractivity contribution in [1.82, 2.24) is 9.29 Å². The van der Waals surface area contributed by atoms with Gasteiger partial charge in [-0.15, -0.1) is 0 Å². The molecule has 2 saturated heterocycles. The first kappa shape index (κ1) is 13.5. The summed E-state index contributed by atoms with van der Waals surface area (Å²) in [6, 6.07) is 4.45. The molecule has 6 nitrogen and oxygen atoms in total. The summed E-state index contributed by atoms with van der Waals surface area (Å²) < 4.78 is 27.1. The number of rotatable bonds is 2. The van der Waals surface area contributed by atoms with Crippen molar-refractivity contribution in [1.29, 1.82) is 5.26 Å². The standard InChI is InChI=1S/C13H15N3O3S/c14-8-12-13(2-1-5-15-12)20(18,19)16-9-3-4-10(16)7-11(17)6-9/h1-2,5,9-11,17H,3-4,6-7H2. The van der Waals surface area contributed by atoms with Gasteiger partial charge in [-0.25, -0.2) is 13.4 Å². The number of nitriles is 1. The number of fused-ring (bicyclic) bond motifs is 2. The second-order valence-electron chi connectivity index (χ2n) is 5.31. The zero-order chi connectivity index (χ0) is 14.3. The molecule has 2 aliphatic heterocycles. The molecule has 3 rings (SSSR count). The molecule has 20 heavy (non-hydrogen) atoms. The third-order valence-corrected chi connectivity index (χ3v) is 6.11. The summed E-state index contributed by atoms with van der Waals surface area (Å²) in [6.45, 7) is 0. The molecule has 1 N–H and O–H groups in total. The molecule has 2 unspecified atom stereocenters. The third-order valence-electron chi connectivity index (χ3n) is 4.07. The molecule has 106 valence electrons. The van der Waals surface area contributed by atoms with Gasteiger partial charge in [-0.2, -0.15) is 9.57 Å². The van der Waals surface area contributed by atoms with Crippen molar-refractivity contribution in [3.8, 4) is 6.07 Å². The summed E-state index contributed by atoms with van der Waals surface area (Å²) in [7, 11) is -3.73. The van der Waals surface area contributed by atoms with E-state index in [-0.39, 0.29) is 22.7 Å². The summed E-state index contributed by atoms with van der Waals surface area (Å²) in [4.78, 5) is 3.80. The summed E-state index contributed by atoms with van der Waals surface area (Å²) in [6.07, 6.45) is 3.46. The van der Waals surface area contributed by atoms with Crippen LogP contribution >= 0.6 is 0 Å². The molecule has 1 aromatic rings. The molecule has 0 amide bonds. The zero-order valence-electron chi connectivity index (χ0n) is 10.8. The lowest BCUT2D eigenvalue weighted by Gasteiger charge is -2.36. The summed E-state index contributed by atoms with van der Waals surface area (Å²) >= 11 is 0. The first-order valence-corrected chi connectivity index (χ1v) is 8.04. The number of hydrogen-bond donors (Lipinski definition) is 1. The Morgan fingerprint density at radius 1 is 1.35 bits per heavy atom. The smallest absolute Gasteiger partial charge is 0.246 e. The molecule has 1 aromatic heterocycles. The first-order valence-electron chi connectivity index (χ1n) is 6.60. The van der Waals surface area contributed by atoms with Crippen molar-refractivity contribution in [2.24, 2.45) is 0 Å². The zero-order valence-corrected chi connectivity index (χ0v) is 11.6. The highest BCUT2D eigenvalue weighted by atomic mass is 32.2. The minimum atomic E-state index is -3.73. The highest BCUT2D eigenvalue weighted by Crippen LogP contribution is 2.39. The summed E-state index contributed by atoms with van der Waals surface area (Å²) in [5.41, 5.74) is -0.0713. The van der Waals surface area contributed by atoms with Gasteiger partial charge in [0, 0.05) is 18.3 Å². The minimum Gasteiger partial charge on any atom is -0.393 e. The Labute approximate surface area is 117 Å². The number of aromatic nitrogens is 1. The lowest BCUT2D eigenvalue weighted by Crippen LogP contribution is -2.48. The summed E-state index contributed by atoms with van der Waals surface area (Å²) in [5, 5.41) is 18.8. The lowest BCUT2D eigenvalue weighted by atomic mass is 10.0. The molecule has 0 aliphatic carbocycles. The summed E-state index contributed by atoms with van der Waals surface area (Å²) in [5.74, 6) is 0. The third kappa shape index (κ3) is 2.00. The normalized spacial score (nSPS) is 30.1. The van der Waals surface area contributed by atoms with Crippen LogP contribution in [-0.2, 0) is 10.0 Å². The monoisotopic (exact) mass is 293 g/mol. The van der Waals surface area contributed by atoms with Gasteiger partial charge in [-0.1, -0.05) is 0 Å². The van der Waals surface area contributed by atoms with Gasteiger partial charge >= 0.3 is 0 Å². The second kappa shape index (κ2) is 4.81. The van der Waals surface area contributed by atoms with E-state index in [0.717, 1.165) is 12.8 Å². The molecule has 0 saturated carbocycles. The van der Waals surface area contributed by atoms with Crippen LogP contribution in [0.2, 0.25) is 0 Å². The van der Waals surface area contributed by atoms with Crippen LogP contribution in [0, 0.1) is 11.3 Å². The molecule has 2 aliphatic rings. The molecule has 0 spiro atoms.